The number of hydrogen-bond acceptors (Lipinski definition) is 5. The molecule has 6 heteroatoms. The van der Waals surface area contributed by atoms with Crippen molar-refractivity contribution >= 4 is 21.6 Å². The molecule has 0 unspecified atom stereocenters. The third-order valence-electron chi connectivity index (χ3n) is 3.11. The molecule has 0 saturated carbocycles. The van der Waals surface area contributed by atoms with E-state index in [2.05, 4.69) is 22.2 Å². The molecule has 0 radical (unpaired) electrons. The van der Waals surface area contributed by atoms with Crippen molar-refractivity contribution in [1.82, 2.24) is 15.3 Å². The van der Waals surface area contributed by atoms with Crippen LogP contribution in [0, 0.1) is 5.41 Å². The van der Waals surface area contributed by atoms with Crippen LogP contribution in [-0.4, -0.2) is 29.7 Å². The first-order chi connectivity index (χ1) is 8.66. The number of hydrogen-bond donors (Lipinski definition) is 2. The molecular weight excluding hydrogens is 250 g/mol. The Kier molecular flexibility index (Phi) is 2.93. The molecule has 0 aliphatic carbocycles. The second kappa shape index (κ2) is 4.46. The average Bonchev–Trinajstić information content (AvgIpc) is 2.75. The lowest BCUT2D eigenvalue weighted by molar-refractivity contribution is -0.0992. The van der Waals surface area contributed by atoms with Gasteiger partial charge in [-0.15, -0.1) is 11.3 Å². The lowest BCUT2D eigenvalue weighted by Crippen LogP contribution is -2.47. The van der Waals surface area contributed by atoms with E-state index in [1.807, 2.05) is 11.4 Å². The van der Waals surface area contributed by atoms with Crippen LogP contribution in [0.1, 0.15) is 12.7 Å². The first kappa shape index (κ1) is 11.8. The van der Waals surface area contributed by atoms with Gasteiger partial charge in [0.1, 0.15) is 10.5 Å². The molecule has 1 saturated heterocycles. The lowest BCUT2D eigenvalue weighted by atomic mass is 9.89. The van der Waals surface area contributed by atoms with Gasteiger partial charge in [-0.05, 0) is 11.4 Å². The van der Waals surface area contributed by atoms with Crippen molar-refractivity contribution in [3.8, 4) is 0 Å². The van der Waals surface area contributed by atoms with Gasteiger partial charge in [-0.3, -0.25) is 4.79 Å². The Morgan fingerprint density at radius 3 is 3.17 bits per heavy atom. The molecule has 0 aromatic carbocycles. The van der Waals surface area contributed by atoms with Gasteiger partial charge in [0.15, 0.2) is 0 Å². The first-order valence-corrected chi connectivity index (χ1v) is 6.79. The van der Waals surface area contributed by atoms with E-state index in [1.54, 1.807) is 0 Å². The van der Waals surface area contributed by atoms with Crippen LogP contribution in [0.2, 0.25) is 0 Å². The Balaban J connectivity index is 1.69. The van der Waals surface area contributed by atoms with Crippen molar-refractivity contribution in [3.05, 3.63) is 27.6 Å². The van der Waals surface area contributed by atoms with E-state index in [0.717, 1.165) is 25.3 Å². The van der Waals surface area contributed by atoms with Crippen LogP contribution in [0.4, 0.5) is 0 Å². The molecule has 0 amide bonds. The quantitative estimate of drug-likeness (QED) is 0.869. The summed E-state index contributed by atoms with van der Waals surface area (Å²) in [4.78, 5) is 19.0. The molecule has 3 rings (SSSR count). The second-order valence-corrected chi connectivity index (χ2v) is 5.97. The van der Waals surface area contributed by atoms with Crippen LogP contribution in [0.25, 0.3) is 10.2 Å². The average molecular weight is 265 g/mol. The topological polar surface area (TPSA) is 67.0 Å². The fourth-order valence-electron chi connectivity index (χ4n) is 2.04. The van der Waals surface area contributed by atoms with Crippen molar-refractivity contribution in [2.45, 2.75) is 13.5 Å². The highest BCUT2D eigenvalue weighted by Crippen LogP contribution is 2.25. The van der Waals surface area contributed by atoms with Crippen molar-refractivity contribution in [1.29, 1.82) is 0 Å². The monoisotopic (exact) mass is 265 g/mol. The minimum absolute atomic E-state index is 0.0509. The van der Waals surface area contributed by atoms with E-state index in [9.17, 15) is 4.79 Å². The zero-order chi connectivity index (χ0) is 12.6. The maximum atomic E-state index is 11.8. The maximum absolute atomic E-state index is 11.8. The fourth-order valence-corrected chi connectivity index (χ4v) is 2.77. The highest BCUT2D eigenvalue weighted by atomic mass is 32.1. The summed E-state index contributed by atoms with van der Waals surface area (Å²) in [6.45, 7) is 5.23. The van der Waals surface area contributed by atoms with Gasteiger partial charge in [0.2, 0.25) is 0 Å². The van der Waals surface area contributed by atoms with Gasteiger partial charge in [-0.25, -0.2) is 4.98 Å². The number of nitrogens with zero attached hydrogens (tertiary/aromatic N) is 1. The van der Waals surface area contributed by atoms with Gasteiger partial charge in [-0.2, -0.15) is 0 Å². The Hall–Kier alpha value is -1.24. The zero-order valence-electron chi connectivity index (χ0n) is 10.2. The largest absolute Gasteiger partial charge is 0.380 e. The molecule has 1 fully saturated rings. The van der Waals surface area contributed by atoms with E-state index < -0.39 is 0 Å². The standard InChI is InChI=1S/C12H15N3O2S/c1-12(6-17-7-12)5-13-4-9-14-8-2-3-18-10(8)11(16)15-9/h2-3,13H,4-7H2,1H3,(H,14,15,16). The van der Waals surface area contributed by atoms with Crippen LogP contribution >= 0.6 is 11.3 Å². The van der Waals surface area contributed by atoms with Crippen molar-refractivity contribution in [2.24, 2.45) is 5.41 Å². The Labute approximate surface area is 108 Å². The Bertz CT molecular complexity index is 615. The van der Waals surface area contributed by atoms with Gasteiger partial charge < -0.3 is 15.0 Å². The van der Waals surface area contributed by atoms with E-state index >= 15 is 0 Å². The van der Waals surface area contributed by atoms with Crippen molar-refractivity contribution in [2.75, 3.05) is 19.8 Å². The number of ether oxygens (including phenoxy) is 1. The molecule has 1 aliphatic rings. The van der Waals surface area contributed by atoms with E-state index in [4.69, 9.17) is 4.74 Å². The van der Waals surface area contributed by atoms with Gasteiger partial charge in [0.05, 0.1) is 25.3 Å². The molecule has 0 atom stereocenters. The van der Waals surface area contributed by atoms with Crippen LogP contribution in [-0.2, 0) is 11.3 Å². The molecule has 18 heavy (non-hydrogen) atoms. The third kappa shape index (κ3) is 2.19. The highest BCUT2D eigenvalue weighted by molar-refractivity contribution is 7.17. The summed E-state index contributed by atoms with van der Waals surface area (Å²) in [5.41, 5.74) is 0.955. The summed E-state index contributed by atoms with van der Waals surface area (Å²) in [6, 6.07) is 1.87. The van der Waals surface area contributed by atoms with Gasteiger partial charge in [-0.1, -0.05) is 6.92 Å². The number of aromatic nitrogens is 2. The summed E-state index contributed by atoms with van der Waals surface area (Å²) in [5.74, 6) is 0.690. The van der Waals surface area contributed by atoms with E-state index in [-0.39, 0.29) is 11.0 Å². The van der Waals surface area contributed by atoms with Crippen LogP contribution in [0.15, 0.2) is 16.2 Å². The molecule has 0 bridgehead atoms. The number of nitrogens with one attached hydrogen (secondary N) is 2. The molecule has 3 heterocycles. The van der Waals surface area contributed by atoms with Crippen LogP contribution in [0.5, 0.6) is 0 Å². The van der Waals surface area contributed by atoms with E-state index in [0.29, 0.717) is 17.1 Å². The summed E-state index contributed by atoms with van der Waals surface area (Å²) in [7, 11) is 0. The number of thiophene rings is 1. The fraction of sp³-hybridized carbons (Fsp3) is 0.500. The first-order valence-electron chi connectivity index (χ1n) is 5.91. The molecule has 2 aromatic rings. The molecule has 1 aliphatic heterocycles. The maximum Gasteiger partial charge on any atom is 0.268 e. The highest BCUT2D eigenvalue weighted by Gasteiger charge is 2.32. The predicted molar refractivity (Wildman–Crippen MR) is 70.9 cm³/mol. The molecule has 0 spiro atoms. The van der Waals surface area contributed by atoms with Crippen LogP contribution < -0.4 is 10.9 Å². The van der Waals surface area contributed by atoms with E-state index in [1.165, 1.54) is 11.3 Å². The minimum Gasteiger partial charge on any atom is -0.380 e. The molecule has 5 nitrogen and oxygen atoms in total. The van der Waals surface area contributed by atoms with Gasteiger partial charge >= 0.3 is 0 Å². The van der Waals surface area contributed by atoms with Crippen molar-refractivity contribution in [3.63, 3.8) is 0 Å². The lowest BCUT2D eigenvalue weighted by Gasteiger charge is -2.38. The van der Waals surface area contributed by atoms with Crippen LogP contribution in [0.3, 0.4) is 0 Å². The summed E-state index contributed by atoms with van der Waals surface area (Å²) in [6.07, 6.45) is 0. The normalized spacial score (nSPS) is 17.8. The number of fused-ring (bicyclic) bond motifs is 1. The van der Waals surface area contributed by atoms with Crippen molar-refractivity contribution < 1.29 is 4.74 Å². The number of H-pyrrole nitrogens is 1. The number of rotatable bonds is 4. The second-order valence-electron chi connectivity index (χ2n) is 5.05. The summed E-state index contributed by atoms with van der Waals surface area (Å²) in [5, 5.41) is 5.20. The molecule has 96 valence electrons. The molecule has 2 N–H and O–H groups in total. The zero-order valence-corrected chi connectivity index (χ0v) is 11.0. The summed E-state index contributed by atoms with van der Waals surface area (Å²) < 4.78 is 5.89. The third-order valence-corrected chi connectivity index (χ3v) is 4.01. The minimum atomic E-state index is -0.0509. The smallest absolute Gasteiger partial charge is 0.268 e. The molecular formula is C12H15N3O2S. The number of aromatic amines is 1. The van der Waals surface area contributed by atoms with Gasteiger partial charge in [0.25, 0.3) is 5.56 Å². The SMILES string of the molecule is CC1(CNCc2nc3ccsc3c(=O)[nH]2)COC1. The Morgan fingerprint density at radius 2 is 2.44 bits per heavy atom. The molecule has 2 aromatic heterocycles. The Morgan fingerprint density at radius 1 is 1.61 bits per heavy atom. The van der Waals surface area contributed by atoms with Gasteiger partial charge in [0, 0.05) is 12.0 Å². The summed E-state index contributed by atoms with van der Waals surface area (Å²) >= 11 is 1.42. The predicted octanol–water partition coefficient (Wildman–Crippen LogP) is 1.11.